The minimum atomic E-state index is -4.51. The second kappa shape index (κ2) is 10.0. The van der Waals surface area contributed by atoms with Crippen molar-refractivity contribution in [1.82, 2.24) is 9.13 Å². The van der Waals surface area contributed by atoms with Crippen LogP contribution in [-0.2, 0) is 12.4 Å². The third-order valence-electron chi connectivity index (χ3n) is 8.55. The highest BCUT2D eigenvalue weighted by atomic mass is 19.4. The zero-order valence-corrected chi connectivity index (χ0v) is 23.9. The number of fused-ring (bicyclic) bond motifs is 6. The number of hydrogen-bond acceptors (Lipinski definition) is 0. The molecule has 2 heterocycles. The topological polar surface area (TPSA) is 9.86 Å². The minimum Gasteiger partial charge on any atom is -0.309 e. The second-order valence-electron chi connectivity index (χ2n) is 11.3. The number of nitrogens with zero attached hydrogens (tertiary/aromatic N) is 2. The summed E-state index contributed by atoms with van der Waals surface area (Å²) in [5.74, 6) is 0. The lowest BCUT2D eigenvalue weighted by atomic mass is 10.00. The van der Waals surface area contributed by atoms with Crippen LogP contribution in [0.2, 0.25) is 0 Å². The maximum absolute atomic E-state index is 13.8. The van der Waals surface area contributed by atoms with Gasteiger partial charge in [0.15, 0.2) is 0 Å². The molecule has 8 rings (SSSR count). The van der Waals surface area contributed by atoms with E-state index in [2.05, 4.69) is 0 Å². The van der Waals surface area contributed by atoms with E-state index in [1.54, 1.807) is 0 Å². The largest absolute Gasteiger partial charge is 0.416 e. The molecular weight excluding hydrogens is 598 g/mol. The molecule has 0 aliphatic carbocycles. The van der Waals surface area contributed by atoms with E-state index in [0.29, 0.717) is 32.6 Å². The number of alkyl halides is 6. The van der Waals surface area contributed by atoms with Gasteiger partial charge in [0.25, 0.3) is 0 Å². The van der Waals surface area contributed by atoms with Crippen LogP contribution >= 0.6 is 0 Å². The van der Waals surface area contributed by atoms with Gasteiger partial charge in [0, 0.05) is 32.9 Å². The van der Waals surface area contributed by atoms with E-state index in [0.717, 1.165) is 45.7 Å². The summed E-state index contributed by atoms with van der Waals surface area (Å²) in [5, 5.41) is 2.17. The molecule has 2 nitrogen and oxygen atoms in total. The molecular formula is C38H22F6N2. The van der Waals surface area contributed by atoms with Crippen LogP contribution in [0.1, 0.15) is 11.1 Å². The van der Waals surface area contributed by atoms with Gasteiger partial charge in [0.1, 0.15) is 0 Å². The molecule has 0 N–H and O–H groups in total. The Bertz CT molecular complexity index is 2260. The van der Waals surface area contributed by atoms with Crippen LogP contribution in [0.25, 0.3) is 66.1 Å². The lowest BCUT2D eigenvalue weighted by Gasteiger charge is -2.09. The normalized spacial score (nSPS) is 12.6. The van der Waals surface area contributed by atoms with Crippen LogP contribution in [0.5, 0.6) is 0 Å². The van der Waals surface area contributed by atoms with Crippen molar-refractivity contribution in [1.29, 1.82) is 0 Å². The first-order valence-corrected chi connectivity index (χ1v) is 14.5. The van der Waals surface area contributed by atoms with Crippen molar-refractivity contribution < 1.29 is 26.3 Å². The highest BCUT2D eigenvalue weighted by molar-refractivity contribution is 6.13. The maximum atomic E-state index is 13.8. The predicted octanol–water partition coefficient (Wildman–Crippen LogP) is 11.6. The molecule has 8 aromatic rings. The van der Waals surface area contributed by atoms with Gasteiger partial charge in [0.2, 0.25) is 0 Å². The Hall–Kier alpha value is -5.50. The van der Waals surface area contributed by atoms with Gasteiger partial charge in [-0.1, -0.05) is 48.5 Å². The van der Waals surface area contributed by atoms with Gasteiger partial charge < -0.3 is 9.13 Å². The summed E-state index contributed by atoms with van der Waals surface area (Å²) in [6, 6.07) is 37.6. The van der Waals surface area contributed by atoms with Crippen molar-refractivity contribution in [2.75, 3.05) is 0 Å². The lowest BCUT2D eigenvalue weighted by Crippen LogP contribution is -2.04. The predicted molar refractivity (Wildman–Crippen MR) is 171 cm³/mol. The van der Waals surface area contributed by atoms with Gasteiger partial charge in [0.05, 0.1) is 33.2 Å². The van der Waals surface area contributed by atoms with E-state index in [9.17, 15) is 26.3 Å². The summed E-state index contributed by atoms with van der Waals surface area (Å²) < 4.78 is 86.7. The van der Waals surface area contributed by atoms with Gasteiger partial charge in [-0.25, -0.2) is 0 Å². The number of benzene rings is 6. The molecule has 0 aliphatic rings. The first-order chi connectivity index (χ1) is 22.1. The van der Waals surface area contributed by atoms with Crippen LogP contribution in [0.3, 0.4) is 0 Å². The molecule has 0 saturated heterocycles. The monoisotopic (exact) mass is 620 g/mol. The van der Waals surface area contributed by atoms with Gasteiger partial charge in [-0.3, -0.25) is 0 Å². The fourth-order valence-electron chi connectivity index (χ4n) is 6.47. The van der Waals surface area contributed by atoms with Gasteiger partial charge in [-0.05, 0) is 96.1 Å². The van der Waals surface area contributed by atoms with E-state index < -0.39 is 23.5 Å². The van der Waals surface area contributed by atoms with E-state index >= 15 is 0 Å². The molecule has 0 radical (unpaired) electrons. The van der Waals surface area contributed by atoms with Crippen LogP contribution in [0.15, 0.2) is 133 Å². The summed E-state index contributed by atoms with van der Waals surface area (Å²) in [5.41, 5.74) is 4.33. The third-order valence-corrected chi connectivity index (χ3v) is 8.55. The fourth-order valence-corrected chi connectivity index (χ4v) is 6.47. The number of aromatic nitrogens is 2. The number of para-hydroxylation sites is 2. The molecule has 0 aliphatic heterocycles. The van der Waals surface area contributed by atoms with Crippen molar-refractivity contribution in [2.24, 2.45) is 0 Å². The minimum absolute atomic E-state index is 0.451. The molecule has 226 valence electrons. The Morgan fingerprint density at radius 2 is 0.674 bits per heavy atom. The van der Waals surface area contributed by atoms with Crippen LogP contribution in [0.4, 0.5) is 26.3 Å². The Kier molecular flexibility index (Phi) is 6.09. The van der Waals surface area contributed by atoms with Crippen molar-refractivity contribution in [2.45, 2.75) is 12.4 Å². The average Bonchev–Trinajstić information content (AvgIpc) is 3.56. The first-order valence-electron chi connectivity index (χ1n) is 14.5. The highest BCUT2D eigenvalue weighted by Crippen LogP contribution is 2.41. The Morgan fingerprint density at radius 1 is 0.348 bits per heavy atom. The molecule has 6 aromatic carbocycles. The summed E-state index contributed by atoms with van der Waals surface area (Å²) in [4.78, 5) is 0. The third kappa shape index (κ3) is 4.43. The van der Waals surface area contributed by atoms with Crippen LogP contribution in [-0.4, -0.2) is 9.13 Å². The van der Waals surface area contributed by atoms with Crippen LogP contribution < -0.4 is 0 Å². The van der Waals surface area contributed by atoms with Gasteiger partial charge in [-0.2, -0.15) is 26.3 Å². The molecule has 8 heteroatoms. The van der Waals surface area contributed by atoms with Gasteiger partial charge in [-0.15, -0.1) is 0 Å². The molecule has 2 aromatic heterocycles. The highest BCUT2D eigenvalue weighted by Gasteiger charge is 2.32. The molecule has 0 amide bonds. The number of rotatable bonds is 3. The molecule has 0 bridgehead atoms. The number of halogens is 6. The Labute approximate surface area is 258 Å². The zero-order chi connectivity index (χ0) is 31.8. The quantitative estimate of drug-likeness (QED) is 0.174. The molecule has 0 fully saturated rings. The van der Waals surface area contributed by atoms with Crippen molar-refractivity contribution in [3.8, 4) is 22.5 Å². The summed E-state index contributed by atoms with van der Waals surface area (Å²) in [6.07, 6.45) is -9.03. The van der Waals surface area contributed by atoms with Crippen molar-refractivity contribution in [3.05, 3.63) is 145 Å². The van der Waals surface area contributed by atoms with E-state index in [1.807, 2.05) is 106 Å². The molecule has 0 saturated carbocycles. The first kappa shape index (κ1) is 28.0. The van der Waals surface area contributed by atoms with Crippen LogP contribution in [0, 0.1) is 0 Å². The smallest absolute Gasteiger partial charge is 0.309 e. The second-order valence-corrected chi connectivity index (χ2v) is 11.3. The summed E-state index contributed by atoms with van der Waals surface area (Å²) >= 11 is 0. The maximum Gasteiger partial charge on any atom is 0.416 e. The molecule has 46 heavy (non-hydrogen) atoms. The standard InChI is InChI=1S/C38H22F6N2/c39-37(40,41)25-13-17-35-31(21-25)29-19-23(11-15-33(29)45(35)27-7-3-1-4-8-27)24-12-16-34-30(20-24)32-22-26(38(42,43)44)14-18-36(32)46(34)28-9-5-2-6-10-28/h1-22H. The van der Waals surface area contributed by atoms with E-state index in [4.69, 9.17) is 0 Å². The Balaban J connectivity index is 1.38. The van der Waals surface area contributed by atoms with Crippen molar-refractivity contribution in [3.63, 3.8) is 0 Å². The van der Waals surface area contributed by atoms with Gasteiger partial charge >= 0.3 is 12.4 Å². The average molecular weight is 621 g/mol. The molecule has 0 unspecified atom stereocenters. The molecule has 0 atom stereocenters. The lowest BCUT2D eigenvalue weighted by molar-refractivity contribution is -0.138. The fraction of sp³-hybridized carbons (Fsp3) is 0.0526. The summed E-state index contributed by atoms with van der Waals surface area (Å²) in [7, 11) is 0. The molecule has 0 spiro atoms. The van der Waals surface area contributed by atoms with E-state index in [-0.39, 0.29) is 0 Å². The zero-order valence-electron chi connectivity index (χ0n) is 23.9. The summed E-state index contributed by atoms with van der Waals surface area (Å²) in [6.45, 7) is 0. The van der Waals surface area contributed by atoms with Crippen molar-refractivity contribution >= 4 is 43.6 Å². The van der Waals surface area contributed by atoms with E-state index in [1.165, 1.54) is 24.3 Å². The Morgan fingerprint density at radius 3 is 1.02 bits per heavy atom. The number of hydrogen-bond donors (Lipinski definition) is 0. The SMILES string of the molecule is FC(F)(F)c1ccc2c(c1)c1cc(-c3ccc4c(c3)c3cc(C(F)(F)F)ccc3n4-c3ccccc3)ccc1n2-c1ccccc1.